The fourth-order valence-corrected chi connectivity index (χ4v) is 3.10. The maximum Gasteiger partial charge on any atom is 0.240 e. The Hall–Kier alpha value is -1.11. The van der Waals surface area contributed by atoms with Crippen LogP contribution in [0, 0.1) is 6.92 Å². The number of anilines is 1. The second kappa shape index (κ2) is 6.17. The fourth-order valence-electron chi connectivity index (χ4n) is 1.66. The largest absolute Gasteiger partial charge is 0.399 e. The van der Waals surface area contributed by atoms with Gasteiger partial charge in [-0.1, -0.05) is 6.92 Å². The quantitative estimate of drug-likeness (QED) is 0.764. The van der Waals surface area contributed by atoms with E-state index in [0.29, 0.717) is 18.7 Å². The smallest absolute Gasteiger partial charge is 0.240 e. The van der Waals surface area contributed by atoms with Gasteiger partial charge in [-0.05, 0) is 37.1 Å². The van der Waals surface area contributed by atoms with Crippen molar-refractivity contribution in [2.45, 2.75) is 31.2 Å². The Morgan fingerprint density at radius 3 is 2.56 bits per heavy atom. The standard InChI is InChI=1S/C12H20N2O3S/c1-4-11(8-17-3)14-18(15,16)12-6-9(2)5-10(13)7-12/h5-7,11,14H,4,8,13H2,1-3H3. The molecule has 0 spiro atoms. The number of methoxy groups -OCH3 is 1. The zero-order valence-corrected chi connectivity index (χ0v) is 11.8. The van der Waals surface area contributed by atoms with Crippen molar-refractivity contribution in [3.8, 4) is 0 Å². The van der Waals surface area contributed by atoms with E-state index in [1.54, 1.807) is 19.2 Å². The summed E-state index contributed by atoms with van der Waals surface area (Å²) in [6, 6.07) is 4.54. The molecule has 0 radical (unpaired) electrons. The van der Waals surface area contributed by atoms with Crippen LogP contribution < -0.4 is 10.5 Å². The van der Waals surface area contributed by atoms with Crippen molar-refractivity contribution < 1.29 is 13.2 Å². The van der Waals surface area contributed by atoms with E-state index < -0.39 is 10.0 Å². The normalized spacial score (nSPS) is 13.5. The molecule has 0 heterocycles. The Balaban J connectivity index is 2.98. The predicted octanol–water partition coefficient (Wildman–Crippen LogP) is 1.28. The number of rotatable bonds is 6. The summed E-state index contributed by atoms with van der Waals surface area (Å²) in [5.41, 5.74) is 6.92. The van der Waals surface area contributed by atoms with Gasteiger partial charge < -0.3 is 10.5 Å². The van der Waals surface area contributed by atoms with Crippen molar-refractivity contribution in [3.05, 3.63) is 23.8 Å². The molecule has 6 heteroatoms. The molecule has 3 N–H and O–H groups in total. The molecular formula is C12H20N2O3S. The average Bonchev–Trinajstić information content (AvgIpc) is 2.27. The molecule has 0 aliphatic heterocycles. The number of sulfonamides is 1. The zero-order chi connectivity index (χ0) is 13.8. The summed E-state index contributed by atoms with van der Waals surface area (Å²) in [6.07, 6.45) is 0.661. The van der Waals surface area contributed by atoms with E-state index in [2.05, 4.69) is 4.72 Å². The number of nitrogens with two attached hydrogens (primary N) is 1. The van der Waals surface area contributed by atoms with Gasteiger partial charge in [-0.15, -0.1) is 0 Å². The molecule has 1 atom stereocenters. The minimum Gasteiger partial charge on any atom is -0.399 e. The lowest BCUT2D eigenvalue weighted by atomic mass is 10.2. The summed E-state index contributed by atoms with van der Waals surface area (Å²) in [6.45, 7) is 4.05. The summed E-state index contributed by atoms with van der Waals surface area (Å²) in [5.74, 6) is 0. The molecule has 5 nitrogen and oxygen atoms in total. The predicted molar refractivity (Wildman–Crippen MR) is 71.9 cm³/mol. The van der Waals surface area contributed by atoms with E-state index in [4.69, 9.17) is 10.5 Å². The van der Waals surface area contributed by atoms with Crippen LogP contribution in [0.2, 0.25) is 0 Å². The zero-order valence-electron chi connectivity index (χ0n) is 10.9. The molecule has 0 saturated heterocycles. The first-order valence-electron chi connectivity index (χ1n) is 5.77. The molecule has 0 aliphatic carbocycles. The third kappa shape index (κ3) is 3.97. The van der Waals surface area contributed by atoms with Gasteiger partial charge in [0.1, 0.15) is 0 Å². The minimum absolute atomic E-state index is 0.189. The number of hydrogen-bond donors (Lipinski definition) is 2. The van der Waals surface area contributed by atoms with Crippen molar-refractivity contribution in [1.82, 2.24) is 4.72 Å². The highest BCUT2D eigenvalue weighted by molar-refractivity contribution is 7.89. The van der Waals surface area contributed by atoms with Gasteiger partial charge in [0.05, 0.1) is 11.5 Å². The van der Waals surface area contributed by atoms with Crippen LogP contribution in [0.5, 0.6) is 0 Å². The highest BCUT2D eigenvalue weighted by Gasteiger charge is 2.19. The number of benzene rings is 1. The van der Waals surface area contributed by atoms with E-state index in [9.17, 15) is 8.42 Å². The van der Waals surface area contributed by atoms with Gasteiger partial charge in [-0.25, -0.2) is 13.1 Å². The monoisotopic (exact) mass is 272 g/mol. The van der Waals surface area contributed by atoms with Gasteiger partial charge >= 0.3 is 0 Å². The summed E-state index contributed by atoms with van der Waals surface area (Å²) in [5, 5.41) is 0. The average molecular weight is 272 g/mol. The Morgan fingerprint density at radius 2 is 2.06 bits per heavy atom. The molecule has 1 aromatic rings. The molecule has 18 heavy (non-hydrogen) atoms. The van der Waals surface area contributed by atoms with Gasteiger partial charge in [0.2, 0.25) is 10.0 Å². The minimum atomic E-state index is -3.55. The van der Waals surface area contributed by atoms with E-state index in [-0.39, 0.29) is 10.9 Å². The molecule has 1 unspecified atom stereocenters. The molecule has 0 saturated carbocycles. The molecule has 0 aromatic heterocycles. The van der Waals surface area contributed by atoms with Gasteiger partial charge in [-0.2, -0.15) is 0 Å². The number of nitrogens with one attached hydrogen (secondary N) is 1. The maximum absolute atomic E-state index is 12.2. The van der Waals surface area contributed by atoms with Crippen molar-refractivity contribution in [3.63, 3.8) is 0 Å². The molecule has 1 rings (SSSR count). The first-order valence-corrected chi connectivity index (χ1v) is 7.25. The van der Waals surface area contributed by atoms with Crippen molar-refractivity contribution in [1.29, 1.82) is 0 Å². The SMILES string of the molecule is CCC(COC)NS(=O)(=O)c1cc(C)cc(N)c1. The summed E-state index contributed by atoms with van der Waals surface area (Å²) >= 11 is 0. The molecule has 0 amide bonds. The van der Waals surface area contributed by atoms with Crippen LogP contribution in [0.4, 0.5) is 5.69 Å². The summed E-state index contributed by atoms with van der Waals surface area (Å²) in [4.78, 5) is 0.189. The lowest BCUT2D eigenvalue weighted by Gasteiger charge is -2.16. The first kappa shape index (κ1) is 14.9. The topological polar surface area (TPSA) is 81.4 Å². The van der Waals surface area contributed by atoms with Crippen molar-refractivity contribution >= 4 is 15.7 Å². The molecule has 102 valence electrons. The second-order valence-corrected chi connectivity index (χ2v) is 5.98. The van der Waals surface area contributed by atoms with Crippen LogP contribution in [0.15, 0.2) is 23.1 Å². The Kier molecular flexibility index (Phi) is 5.13. The summed E-state index contributed by atoms with van der Waals surface area (Å²) in [7, 11) is -2.01. The molecule has 0 fully saturated rings. The Bertz CT molecular complexity index is 480. The molecule has 0 bridgehead atoms. The number of hydrogen-bond acceptors (Lipinski definition) is 4. The van der Waals surface area contributed by atoms with Crippen molar-refractivity contribution in [2.24, 2.45) is 0 Å². The summed E-state index contributed by atoms with van der Waals surface area (Å²) < 4.78 is 31.9. The van der Waals surface area contributed by atoms with Crippen LogP contribution in [-0.2, 0) is 14.8 Å². The number of nitrogen functional groups attached to an aromatic ring is 1. The highest BCUT2D eigenvalue weighted by Crippen LogP contribution is 2.16. The fraction of sp³-hybridized carbons (Fsp3) is 0.500. The number of ether oxygens (including phenoxy) is 1. The molecule has 1 aromatic carbocycles. The van der Waals surface area contributed by atoms with Gasteiger partial charge in [0, 0.05) is 18.8 Å². The van der Waals surface area contributed by atoms with Gasteiger partial charge in [0.15, 0.2) is 0 Å². The molecular weight excluding hydrogens is 252 g/mol. The van der Waals surface area contributed by atoms with Gasteiger partial charge in [0.25, 0.3) is 0 Å². The highest BCUT2D eigenvalue weighted by atomic mass is 32.2. The second-order valence-electron chi connectivity index (χ2n) is 4.26. The van der Waals surface area contributed by atoms with E-state index in [1.165, 1.54) is 6.07 Å². The van der Waals surface area contributed by atoms with Crippen LogP contribution >= 0.6 is 0 Å². The van der Waals surface area contributed by atoms with Gasteiger partial charge in [-0.3, -0.25) is 0 Å². The van der Waals surface area contributed by atoms with E-state index >= 15 is 0 Å². The maximum atomic E-state index is 12.2. The molecule has 0 aliphatic rings. The van der Waals surface area contributed by atoms with E-state index in [1.807, 2.05) is 13.8 Å². The lowest BCUT2D eigenvalue weighted by Crippen LogP contribution is -2.37. The Morgan fingerprint density at radius 1 is 1.39 bits per heavy atom. The van der Waals surface area contributed by atoms with Crippen LogP contribution in [0.25, 0.3) is 0 Å². The lowest BCUT2D eigenvalue weighted by molar-refractivity contribution is 0.173. The van der Waals surface area contributed by atoms with Crippen LogP contribution in [-0.4, -0.2) is 28.2 Å². The van der Waals surface area contributed by atoms with E-state index in [0.717, 1.165) is 5.56 Å². The number of aryl methyl sites for hydroxylation is 1. The van der Waals surface area contributed by atoms with Crippen LogP contribution in [0.1, 0.15) is 18.9 Å². The van der Waals surface area contributed by atoms with Crippen LogP contribution in [0.3, 0.4) is 0 Å². The van der Waals surface area contributed by atoms with Crippen molar-refractivity contribution in [2.75, 3.05) is 19.5 Å². The Labute approximate surface area is 108 Å². The first-order chi connectivity index (χ1) is 8.39. The third-order valence-electron chi connectivity index (χ3n) is 2.57. The third-order valence-corrected chi connectivity index (χ3v) is 4.07.